The molecule has 0 aliphatic carbocycles. The molecule has 1 aliphatic heterocycles. The summed E-state index contributed by atoms with van der Waals surface area (Å²) in [5.74, 6) is -0.578. The molecule has 2 atom stereocenters. The number of hydrogen-bond donors (Lipinski definition) is 3. The third-order valence-corrected chi connectivity index (χ3v) is 5.48. The van der Waals surface area contributed by atoms with E-state index in [9.17, 15) is 19.7 Å². The number of methoxy groups -OCH3 is 1. The average molecular weight is 531 g/mol. The maximum atomic E-state index is 12.9. The van der Waals surface area contributed by atoms with Crippen molar-refractivity contribution in [2.24, 2.45) is 0 Å². The van der Waals surface area contributed by atoms with E-state index in [1.165, 1.54) is 19.2 Å². The Bertz CT molecular complexity index is 1110. The van der Waals surface area contributed by atoms with Crippen LogP contribution < -0.4 is 10.6 Å². The standard InChI is InChI=1S/C25H30N4O9/c1-35-25(32)18-4-2-17(3-5-18)19-14-21(38-23(15-19)37-13-12-36-11-10-30)24(31)27-9-8-26-22-7-6-20(16-28-22)29(33)34/h2-7,14,16,19,23,30H,8-13,15H2,1H3,(H,26,28)(H,27,31)/t19-,23+/m0/s1. The summed E-state index contributed by atoms with van der Waals surface area (Å²) in [6, 6.07) is 9.70. The minimum atomic E-state index is -0.716. The lowest BCUT2D eigenvalue weighted by Gasteiger charge is -2.29. The van der Waals surface area contributed by atoms with Gasteiger partial charge in [-0.2, -0.15) is 0 Å². The number of carbonyl (C=O) groups excluding carboxylic acids is 2. The number of allylic oxidation sites excluding steroid dienone is 1. The van der Waals surface area contributed by atoms with Crippen molar-refractivity contribution < 1.29 is 38.6 Å². The molecule has 204 valence electrons. The van der Waals surface area contributed by atoms with Crippen molar-refractivity contribution in [2.45, 2.75) is 18.6 Å². The summed E-state index contributed by atoms with van der Waals surface area (Å²) in [4.78, 5) is 38.8. The summed E-state index contributed by atoms with van der Waals surface area (Å²) in [7, 11) is 1.31. The maximum absolute atomic E-state index is 12.9. The first kappa shape index (κ1) is 28.5. The van der Waals surface area contributed by atoms with Gasteiger partial charge in [-0.1, -0.05) is 12.1 Å². The number of anilines is 1. The zero-order valence-electron chi connectivity index (χ0n) is 20.8. The van der Waals surface area contributed by atoms with Gasteiger partial charge in [-0.3, -0.25) is 14.9 Å². The number of aromatic nitrogens is 1. The molecule has 1 aliphatic rings. The summed E-state index contributed by atoms with van der Waals surface area (Å²) in [6.45, 7) is 1.13. The fraction of sp³-hybridized carbons (Fsp3) is 0.400. The van der Waals surface area contributed by atoms with Crippen LogP contribution in [-0.4, -0.2) is 79.8 Å². The third-order valence-electron chi connectivity index (χ3n) is 5.48. The number of hydrogen-bond acceptors (Lipinski definition) is 11. The van der Waals surface area contributed by atoms with Gasteiger partial charge in [-0.15, -0.1) is 0 Å². The Morgan fingerprint density at radius 3 is 2.61 bits per heavy atom. The Balaban J connectivity index is 1.60. The molecule has 2 heterocycles. The third kappa shape index (κ3) is 8.50. The van der Waals surface area contributed by atoms with E-state index in [-0.39, 0.29) is 50.3 Å². The van der Waals surface area contributed by atoms with E-state index in [0.717, 1.165) is 11.8 Å². The largest absolute Gasteiger partial charge is 0.465 e. The van der Waals surface area contributed by atoms with Crippen molar-refractivity contribution in [2.75, 3.05) is 51.9 Å². The topological polar surface area (TPSA) is 171 Å². The Kier molecular flexibility index (Phi) is 11.0. The lowest BCUT2D eigenvalue weighted by molar-refractivity contribution is -0.385. The average Bonchev–Trinajstić information content (AvgIpc) is 2.94. The van der Waals surface area contributed by atoms with Gasteiger partial charge in [0, 0.05) is 31.5 Å². The van der Waals surface area contributed by atoms with Crippen LogP contribution in [-0.2, 0) is 23.7 Å². The molecule has 3 N–H and O–H groups in total. The monoisotopic (exact) mass is 530 g/mol. The Morgan fingerprint density at radius 1 is 1.16 bits per heavy atom. The van der Waals surface area contributed by atoms with Gasteiger partial charge in [0.1, 0.15) is 12.0 Å². The summed E-state index contributed by atoms with van der Waals surface area (Å²) in [5, 5.41) is 25.3. The van der Waals surface area contributed by atoms with E-state index in [1.807, 2.05) is 0 Å². The van der Waals surface area contributed by atoms with E-state index in [0.29, 0.717) is 24.3 Å². The molecule has 1 amide bonds. The number of nitro groups is 1. The van der Waals surface area contributed by atoms with E-state index >= 15 is 0 Å². The summed E-state index contributed by atoms with van der Waals surface area (Å²) in [5.41, 5.74) is 1.16. The van der Waals surface area contributed by atoms with Gasteiger partial charge in [-0.25, -0.2) is 9.78 Å². The molecule has 38 heavy (non-hydrogen) atoms. The van der Waals surface area contributed by atoms with E-state index in [2.05, 4.69) is 15.6 Å². The molecule has 0 saturated heterocycles. The van der Waals surface area contributed by atoms with Crippen LogP contribution in [0.2, 0.25) is 0 Å². The highest BCUT2D eigenvalue weighted by Gasteiger charge is 2.29. The molecule has 3 rings (SSSR count). The number of rotatable bonds is 14. The predicted octanol–water partition coefficient (Wildman–Crippen LogP) is 1.74. The molecule has 0 bridgehead atoms. The summed E-state index contributed by atoms with van der Waals surface area (Å²) in [6.07, 6.45) is 2.57. The van der Waals surface area contributed by atoms with Crippen molar-refractivity contribution in [3.63, 3.8) is 0 Å². The van der Waals surface area contributed by atoms with Gasteiger partial charge in [-0.05, 0) is 29.8 Å². The highest BCUT2D eigenvalue weighted by atomic mass is 16.7. The molecular weight excluding hydrogens is 500 g/mol. The number of nitrogens with one attached hydrogen (secondary N) is 2. The number of ether oxygens (including phenoxy) is 4. The molecule has 0 fully saturated rings. The molecule has 13 heteroatoms. The van der Waals surface area contributed by atoms with Crippen molar-refractivity contribution >= 4 is 23.4 Å². The van der Waals surface area contributed by atoms with Crippen LogP contribution in [0.4, 0.5) is 11.5 Å². The summed E-state index contributed by atoms with van der Waals surface area (Å²) >= 11 is 0. The van der Waals surface area contributed by atoms with Crippen LogP contribution >= 0.6 is 0 Å². The Hall–Kier alpha value is -4.07. The first-order valence-electron chi connectivity index (χ1n) is 11.9. The van der Waals surface area contributed by atoms with Gasteiger partial charge in [0.05, 0.1) is 44.0 Å². The molecule has 13 nitrogen and oxygen atoms in total. The van der Waals surface area contributed by atoms with E-state index in [1.54, 1.807) is 30.3 Å². The minimum Gasteiger partial charge on any atom is -0.465 e. The van der Waals surface area contributed by atoms with Crippen LogP contribution in [0.1, 0.15) is 28.3 Å². The van der Waals surface area contributed by atoms with Gasteiger partial charge in [0.15, 0.2) is 5.76 Å². The fourth-order valence-electron chi connectivity index (χ4n) is 3.59. The Morgan fingerprint density at radius 2 is 1.95 bits per heavy atom. The number of aliphatic hydroxyl groups excluding tert-OH is 1. The van der Waals surface area contributed by atoms with Gasteiger partial charge >= 0.3 is 5.97 Å². The second-order valence-corrected chi connectivity index (χ2v) is 8.08. The summed E-state index contributed by atoms with van der Waals surface area (Å²) < 4.78 is 21.5. The van der Waals surface area contributed by atoms with E-state index < -0.39 is 23.1 Å². The molecule has 0 radical (unpaired) electrons. The van der Waals surface area contributed by atoms with Crippen LogP contribution in [0.3, 0.4) is 0 Å². The number of carbonyl (C=O) groups is 2. The van der Waals surface area contributed by atoms with Crippen molar-refractivity contribution in [1.29, 1.82) is 0 Å². The molecule has 0 saturated carbocycles. The first-order valence-corrected chi connectivity index (χ1v) is 11.9. The predicted molar refractivity (Wildman–Crippen MR) is 134 cm³/mol. The smallest absolute Gasteiger partial charge is 0.337 e. The molecule has 0 spiro atoms. The maximum Gasteiger partial charge on any atom is 0.337 e. The number of aliphatic hydroxyl groups is 1. The second kappa shape index (κ2) is 14.6. The minimum absolute atomic E-state index is 0.0908. The van der Waals surface area contributed by atoms with Crippen molar-refractivity contribution in [3.8, 4) is 0 Å². The zero-order chi connectivity index (χ0) is 27.3. The van der Waals surface area contributed by atoms with Gasteiger partial charge in [0.25, 0.3) is 11.6 Å². The van der Waals surface area contributed by atoms with Crippen LogP contribution in [0.25, 0.3) is 0 Å². The molecule has 1 aromatic carbocycles. The lowest BCUT2D eigenvalue weighted by atomic mass is 9.92. The molecule has 2 aromatic rings. The highest BCUT2D eigenvalue weighted by molar-refractivity contribution is 5.92. The second-order valence-electron chi connectivity index (χ2n) is 8.08. The van der Waals surface area contributed by atoms with Crippen molar-refractivity contribution in [3.05, 3.63) is 75.7 Å². The number of benzene rings is 1. The number of amides is 1. The number of nitrogens with zero attached hydrogens (tertiary/aromatic N) is 2. The Labute approximate surface area is 218 Å². The van der Waals surface area contributed by atoms with Crippen molar-refractivity contribution in [1.82, 2.24) is 10.3 Å². The number of esters is 1. The quantitative estimate of drug-likeness (QED) is 0.141. The highest BCUT2D eigenvalue weighted by Crippen LogP contribution is 2.31. The SMILES string of the molecule is COC(=O)c1ccc([C@H]2C=C(C(=O)NCCNc3ccc([N+](=O)[O-])cn3)O[C@@H](OCCOCCO)C2)cc1. The number of pyridine rings is 1. The fourth-order valence-corrected chi connectivity index (χ4v) is 3.59. The zero-order valence-corrected chi connectivity index (χ0v) is 20.8. The van der Waals surface area contributed by atoms with Gasteiger partial charge in [0.2, 0.25) is 6.29 Å². The van der Waals surface area contributed by atoms with Crippen LogP contribution in [0, 0.1) is 10.1 Å². The molecule has 0 unspecified atom stereocenters. The lowest BCUT2D eigenvalue weighted by Crippen LogP contribution is -2.35. The molecule has 1 aromatic heterocycles. The van der Waals surface area contributed by atoms with Crippen LogP contribution in [0.5, 0.6) is 0 Å². The van der Waals surface area contributed by atoms with Gasteiger partial charge < -0.3 is 34.7 Å². The normalized spacial score (nSPS) is 16.6. The van der Waals surface area contributed by atoms with E-state index in [4.69, 9.17) is 24.1 Å². The molecular formula is C25H30N4O9. The van der Waals surface area contributed by atoms with Crippen LogP contribution in [0.15, 0.2) is 54.4 Å². The first-order chi connectivity index (χ1) is 18.4.